The van der Waals surface area contributed by atoms with E-state index in [0.717, 1.165) is 50.7 Å². The average Bonchev–Trinajstić information content (AvgIpc) is 3.46. The number of carbonyl (C=O) groups excluding carboxylic acids is 1. The summed E-state index contributed by atoms with van der Waals surface area (Å²) in [6, 6.07) is 3.61. The molecule has 7 nitrogen and oxygen atoms in total. The molecule has 4 heterocycles. The lowest BCUT2D eigenvalue weighted by Gasteiger charge is -2.24. The lowest BCUT2D eigenvalue weighted by molar-refractivity contribution is 0.0525. The molecule has 0 aromatic carbocycles. The predicted octanol–water partition coefficient (Wildman–Crippen LogP) is 3.00. The van der Waals surface area contributed by atoms with Gasteiger partial charge in [0, 0.05) is 49.3 Å². The van der Waals surface area contributed by atoms with E-state index < -0.39 is 0 Å². The number of hydrogen-bond acceptors (Lipinski definition) is 6. The Morgan fingerprint density at radius 3 is 2.67 bits per heavy atom. The average molecular weight is 411 g/mol. The molecule has 0 bridgehead atoms. The molecule has 7 heteroatoms. The van der Waals surface area contributed by atoms with Gasteiger partial charge in [-0.1, -0.05) is 0 Å². The minimum absolute atomic E-state index is 0.00878. The second-order valence-electron chi connectivity index (χ2n) is 9.13. The Bertz CT molecular complexity index is 940. The summed E-state index contributed by atoms with van der Waals surface area (Å²) in [5.74, 6) is 4.09. The molecule has 2 aromatic heterocycles. The summed E-state index contributed by atoms with van der Waals surface area (Å²) >= 11 is 0. The molecule has 0 saturated carbocycles. The predicted molar refractivity (Wildman–Crippen MR) is 113 cm³/mol. The van der Waals surface area contributed by atoms with Crippen molar-refractivity contribution in [3.63, 3.8) is 0 Å². The molecular weight excluding hydrogens is 380 g/mol. The Labute approximate surface area is 177 Å². The zero-order valence-electron chi connectivity index (χ0n) is 18.1. The van der Waals surface area contributed by atoms with E-state index in [0.29, 0.717) is 30.0 Å². The highest BCUT2D eigenvalue weighted by atomic mass is 16.5. The number of fused-ring (bicyclic) bond motifs is 2. The smallest absolute Gasteiger partial charge is 0.289 e. The molecule has 2 unspecified atom stereocenters. The molecule has 0 radical (unpaired) electrons. The molecule has 2 fully saturated rings. The van der Waals surface area contributed by atoms with Gasteiger partial charge < -0.3 is 19.0 Å². The molecule has 160 valence electrons. The van der Waals surface area contributed by atoms with E-state index in [4.69, 9.17) is 14.1 Å². The quantitative estimate of drug-likeness (QED) is 0.755. The van der Waals surface area contributed by atoms with Crippen molar-refractivity contribution < 1.29 is 13.9 Å². The van der Waals surface area contributed by atoms with Gasteiger partial charge in [-0.25, -0.2) is 9.97 Å². The van der Waals surface area contributed by atoms with Crippen LogP contribution in [0.4, 0.5) is 5.82 Å². The summed E-state index contributed by atoms with van der Waals surface area (Å²) in [5.41, 5.74) is 2.58. The zero-order chi connectivity index (χ0) is 20.8. The summed E-state index contributed by atoms with van der Waals surface area (Å²) in [5, 5.41) is 0. The number of furan rings is 1. The number of amides is 1. The van der Waals surface area contributed by atoms with Crippen LogP contribution in [0.3, 0.4) is 0 Å². The fourth-order valence-electron chi connectivity index (χ4n) is 5.10. The van der Waals surface area contributed by atoms with Gasteiger partial charge in [0.1, 0.15) is 24.0 Å². The second kappa shape index (κ2) is 7.69. The van der Waals surface area contributed by atoms with Crippen LogP contribution in [0.25, 0.3) is 0 Å². The Morgan fingerprint density at radius 2 is 1.93 bits per heavy atom. The SMILES string of the molecule is Cc1nc2c(c(N3CC4CN(C(=O)c5ccc(COC(C)C)o5)CC4C3)n1)CCC2. The van der Waals surface area contributed by atoms with Crippen LogP contribution in [0.5, 0.6) is 0 Å². The number of aromatic nitrogens is 2. The number of ether oxygens (including phenoxy) is 1. The number of nitrogens with zero attached hydrogens (tertiary/aromatic N) is 4. The molecule has 2 atom stereocenters. The molecule has 1 amide bonds. The molecular formula is C23H30N4O3. The molecule has 0 N–H and O–H groups in total. The van der Waals surface area contributed by atoms with E-state index >= 15 is 0 Å². The van der Waals surface area contributed by atoms with Gasteiger partial charge in [-0.3, -0.25) is 4.79 Å². The number of likely N-dealkylation sites (tertiary alicyclic amines) is 1. The highest BCUT2D eigenvalue weighted by molar-refractivity contribution is 5.91. The molecule has 0 spiro atoms. The molecule has 3 aliphatic rings. The highest BCUT2D eigenvalue weighted by Crippen LogP contribution is 2.37. The van der Waals surface area contributed by atoms with Gasteiger partial charge >= 0.3 is 0 Å². The maximum Gasteiger partial charge on any atom is 0.289 e. The van der Waals surface area contributed by atoms with Crippen LogP contribution in [-0.4, -0.2) is 53.1 Å². The Morgan fingerprint density at radius 1 is 1.17 bits per heavy atom. The van der Waals surface area contributed by atoms with Crippen molar-refractivity contribution in [2.45, 2.75) is 52.7 Å². The van der Waals surface area contributed by atoms with Crippen molar-refractivity contribution in [3.8, 4) is 0 Å². The van der Waals surface area contributed by atoms with Crippen LogP contribution >= 0.6 is 0 Å². The van der Waals surface area contributed by atoms with Gasteiger partial charge in [0.25, 0.3) is 5.91 Å². The minimum Gasteiger partial charge on any atom is -0.453 e. The van der Waals surface area contributed by atoms with Crippen molar-refractivity contribution >= 4 is 11.7 Å². The van der Waals surface area contributed by atoms with Crippen LogP contribution in [0, 0.1) is 18.8 Å². The third-order valence-corrected chi connectivity index (χ3v) is 6.53. The molecule has 1 aliphatic carbocycles. The van der Waals surface area contributed by atoms with Gasteiger partial charge in [0.05, 0.1) is 6.10 Å². The molecule has 30 heavy (non-hydrogen) atoms. The second-order valence-corrected chi connectivity index (χ2v) is 9.13. The maximum absolute atomic E-state index is 12.9. The zero-order valence-corrected chi connectivity index (χ0v) is 18.1. The summed E-state index contributed by atoms with van der Waals surface area (Å²) in [6.07, 6.45) is 3.47. The van der Waals surface area contributed by atoms with E-state index in [2.05, 4.69) is 9.88 Å². The van der Waals surface area contributed by atoms with Crippen LogP contribution < -0.4 is 4.90 Å². The first-order chi connectivity index (χ1) is 14.5. The van der Waals surface area contributed by atoms with Crippen molar-refractivity contribution in [3.05, 3.63) is 40.7 Å². The van der Waals surface area contributed by atoms with Crippen LogP contribution in [-0.2, 0) is 24.2 Å². The number of anilines is 1. The Kier molecular flexibility index (Phi) is 5.01. The Balaban J connectivity index is 1.23. The lowest BCUT2D eigenvalue weighted by Crippen LogP contribution is -2.33. The first-order valence-corrected chi connectivity index (χ1v) is 11.1. The fourth-order valence-corrected chi connectivity index (χ4v) is 5.10. The standard InChI is InChI=1S/C23H30N4O3/c1-14(2)29-13-18-7-8-21(30-18)23(28)27-11-16-9-26(10-17(16)12-27)22-19-5-4-6-20(19)24-15(3)25-22/h7-8,14,16-17H,4-6,9-13H2,1-3H3. The monoisotopic (exact) mass is 410 g/mol. The molecule has 2 aliphatic heterocycles. The van der Waals surface area contributed by atoms with Gasteiger partial charge in [0.15, 0.2) is 5.76 Å². The van der Waals surface area contributed by atoms with Gasteiger partial charge in [-0.15, -0.1) is 0 Å². The van der Waals surface area contributed by atoms with Crippen LogP contribution in [0.2, 0.25) is 0 Å². The minimum atomic E-state index is -0.00878. The third kappa shape index (κ3) is 3.60. The van der Waals surface area contributed by atoms with Gasteiger partial charge in [0.2, 0.25) is 0 Å². The van der Waals surface area contributed by atoms with E-state index in [1.165, 1.54) is 17.7 Å². The fraction of sp³-hybridized carbons (Fsp3) is 0.609. The summed E-state index contributed by atoms with van der Waals surface area (Å²) in [7, 11) is 0. The van der Waals surface area contributed by atoms with E-state index in [1.54, 1.807) is 6.07 Å². The highest BCUT2D eigenvalue weighted by Gasteiger charge is 2.43. The molecule has 5 rings (SSSR count). The summed E-state index contributed by atoms with van der Waals surface area (Å²) < 4.78 is 11.3. The first kappa shape index (κ1) is 19.5. The van der Waals surface area contributed by atoms with E-state index in [1.807, 2.05) is 31.7 Å². The first-order valence-electron chi connectivity index (χ1n) is 11.1. The topological polar surface area (TPSA) is 71.7 Å². The normalized spacial score (nSPS) is 22.8. The molecule has 2 aromatic rings. The number of carbonyl (C=O) groups is 1. The number of hydrogen-bond donors (Lipinski definition) is 0. The summed E-state index contributed by atoms with van der Waals surface area (Å²) in [4.78, 5) is 26.8. The maximum atomic E-state index is 12.9. The van der Waals surface area contributed by atoms with E-state index in [-0.39, 0.29) is 12.0 Å². The van der Waals surface area contributed by atoms with Gasteiger partial charge in [-0.05, 0) is 52.2 Å². The third-order valence-electron chi connectivity index (χ3n) is 6.53. The van der Waals surface area contributed by atoms with Gasteiger partial charge in [-0.2, -0.15) is 0 Å². The largest absolute Gasteiger partial charge is 0.453 e. The van der Waals surface area contributed by atoms with Crippen molar-refractivity contribution in [2.75, 3.05) is 31.1 Å². The van der Waals surface area contributed by atoms with Crippen molar-refractivity contribution in [1.82, 2.24) is 14.9 Å². The van der Waals surface area contributed by atoms with Crippen LogP contribution in [0.1, 0.15) is 53.7 Å². The lowest BCUT2D eigenvalue weighted by atomic mass is 10.0. The van der Waals surface area contributed by atoms with Crippen molar-refractivity contribution in [1.29, 1.82) is 0 Å². The van der Waals surface area contributed by atoms with E-state index in [9.17, 15) is 4.79 Å². The Hall–Kier alpha value is -2.41. The van der Waals surface area contributed by atoms with Crippen LogP contribution in [0.15, 0.2) is 16.5 Å². The number of rotatable bonds is 5. The summed E-state index contributed by atoms with van der Waals surface area (Å²) in [6.45, 7) is 9.84. The van der Waals surface area contributed by atoms with Crippen molar-refractivity contribution in [2.24, 2.45) is 11.8 Å². The molecule has 2 saturated heterocycles. The number of aryl methyl sites for hydroxylation is 2.